The van der Waals surface area contributed by atoms with E-state index in [1.54, 1.807) is 13.8 Å². The van der Waals surface area contributed by atoms with Crippen molar-refractivity contribution in [3.05, 3.63) is 11.4 Å². The first-order valence-corrected chi connectivity index (χ1v) is 6.13. The van der Waals surface area contributed by atoms with Gasteiger partial charge in [-0.3, -0.25) is 10.1 Å². The molecular weight excluding hydrogens is 219 g/mol. The summed E-state index contributed by atoms with van der Waals surface area (Å²) in [5, 5.41) is 3.27. The molecular formula is C13H21FN2O. The van der Waals surface area contributed by atoms with E-state index in [1.165, 1.54) is 0 Å². The molecule has 0 aromatic carbocycles. The quantitative estimate of drug-likeness (QED) is 0.791. The summed E-state index contributed by atoms with van der Waals surface area (Å²) in [6.45, 7) is 7.56. The van der Waals surface area contributed by atoms with Gasteiger partial charge in [0.2, 0.25) is 5.91 Å². The van der Waals surface area contributed by atoms with Crippen LogP contribution in [0, 0.1) is 11.3 Å². The molecule has 1 heterocycles. The molecule has 2 rings (SSSR count). The Morgan fingerprint density at radius 3 is 2.53 bits per heavy atom. The molecule has 3 nitrogen and oxygen atoms in total. The SMILES string of the molecule is CC(C)=C(F)[C@@H](C)C12CC1(C)CC(C(N)=O)N2. The van der Waals surface area contributed by atoms with Crippen LogP contribution < -0.4 is 11.1 Å². The van der Waals surface area contributed by atoms with Gasteiger partial charge in [0.1, 0.15) is 5.83 Å². The Kier molecular flexibility index (Phi) is 2.62. The number of hydrogen-bond donors (Lipinski definition) is 2. The van der Waals surface area contributed by atoms with Crippen LogP contribution in [0.1, 0.15) is 40.5 Å². The van der Waals surface area contributed by atoms with E-state index in [1.807, 2.05) is 6.92 Å². The van der Waals surface area contributed by atoms with Crippen LogP contribution in [0.25, 0.3) is 0 Å². The smallest absolute Gasteiger partial charge is 0.234 e. The van der Waals surface area contributed by atoms with Gasteiger partial charge >= 0.3 is 0 Å². The second kappa shape index (κ2) is 3.55. The maximum Gasteiger partial charge on any atom is 0.234 e. The molecule has 1 amide bonds. The topological polar surface area (TPSA) is 55.1 Å². The first kappa shape index (κ1) is 12.6. The summed E-state index contributed by atoms with van der Waals surface area (Å²) >= 11 is 0. The van der Waals surface area contributed by atoms with Crippen molar-refractivity contribution in [2.45, 2.75) is 52.1 Å². The number of fused-ring (bicyclic) bond motifs is 1. The van der Waals surface area contributed by atoms with Crippen molar-refractivity contribution < 1.29 is 9.18 Å². The molecule has 0 aromatic heterocycles. The van der Waals surface area contributed by atoms with Crippen LogP contribution in [0.15, 0.2) is 11.4 Å². The molecule has 2 aliphatic rings. The van der Waals surface area contributed by atoms with Gasteiger partial charge in [-0.2, -0.15) is 0 Å². The van der Waals surface area contributed by atoms with Gasteiger partial charge in [-0.15, -0.1) is 0 Å². The number of nitrogens with two attached hydrogens (primary N) is 1. The summed E-state index contributed by atoms with van der Waals surface area (Å²) in [5.41, 5.74) is 5.78. The zero-order chi connectivity index (χ0) is 13.0. The molecule has 2 fully saturated rings. The predicted octanol–water partition coefficient (Wildman–Crippen LogP) is 1.88. The number of hydrogen-bond acceptors (Lipinski definition) is 2. The number of carbonyl (C=O) groups is 1. The summed E-state index contributed by atoms with van der Waals surface area (Å²) < 4.78 is 14.1. The Balaban J connectivity index is 2.23. The van der Waals surface area contributed by atoms with E-state index in [2.05, 4.69) is 12.2 Å². The van der Waals surface area contributed by atoms with Crippen LogP contribution in [-0.4, -0.2) is 17.5 Å². The monoisotopic (exact) mass is 240 g/mol. The number of carbonyl (C=O) groups excluding carboxylic acids is 1. The number of rotatable bonds is 3. The van der Waals surface area contributed by atoms with Crippen molar-refractivity contribution in [2.75, 3.05) is 0 Å². The lowest BCUT2D eigenvalue weighted by Gasteiger charge is -2.25. The lowest BCUT2D eigenvalue weighted by Crippen LogP contribution is -2.46. The molecule has 1 saturated carbocycles. The minimum Gasteiger partial charge on any atom is -0.368 e. The highest BCUT2D eigenvalue weighted by Crippen LogP contribution is 2.67. The zero-order valence-electron chi connectivity index (χ0n) is 10.9. The number of amides is 1. The zero-order valence-corrected chi connectivity index (χ0v) is 10.9. The highest BCUT2D eigenvalue weighted by molar-refractivity contribution is 5.81. The fourth-order valence-corrected chi connectivity index (χ4v) is 3.49. The minimum absolute atomic E-state index is 0.0128. The third-order valence-electron chi connectivity index (χ3n) is 4.65. The number of nitrogens with one attached hydrogen (secondary N) is 1. The molecule has 0 aromatic rings. The summed E-state index contributed by atoms with van der Waals surface area (Å²) in [6.07, 6.45) is 1.65. The average molecular weight is 240 g/mol. The van der Waals surface area contributed by atoms with Crippen LogP contribution in [0.5, 0.6) is 0 Å². The van der Waals surface area contributed by atoms with Gasteiger partial charge in [0.15, 0.2) is 0 Å². The van der Waals surface area contributed by atoms with E-state index in [-0.39, 0.29) is 34.6 Å². The van der Waals surface area contributed by atoms with Gasteiger partial charge in [-0.05, 0) is 37.7 Å². The summed E-state index contributed by atoms with van der Waals surface area (Å²) in [7, 11) is 0. The predicted molar refractivity (Wildman–Crippen MR) is 64.8 cm³/mol. The van der Waals surface area contributed by atoms with Gasteiger partial charge in [0.25, 0.3) is 0 Å². The second-order valence-corrected chi connectivity index (χ2v) is 6.08. The van der Waals surface area contributed by atoms with Crippen molar-refractivity contribution in [2.24, 2.45) is 17.1 Å². The van der Waals surface area contributed by atoms with E-state index in [0.717, 1.165) is 12.8 Å². The average Bonchev–Trinajstić information content (AvgIpc) is 2.70. The Hall–Kier alpha value is -0.900. The molecule has 0 radical (unpaired) electrons. The van der Waals surface area contributed by atoms with Crippen molar-refractivity contribution in [3.8, 4) is 0 Å². The first-order chi connectivity index (χ1) is 7.73. The third kappa shape index (κ3) is 1.61. The van der Waals surface area contributed by atoms with E-state index in [9.17, 15) is 9.18 Å². The van der Waals surface area contributed by atoms with Crippen molar-refractivity contribution >= 4 is 5.91 Å². The van der Waals surface area contributed by atoms with Crippen LogP contribution in [0.2, 0.25) is 0 Å². The maximum atomic E-state index is 14.1. The van der Waals surface area contributed by atoms with Crippen molar-refractivity contribution in [1.29, 1.82) is 0 Å². The Labute approximate surface area is 102 Å². The molecule has 3 N–H and O–H groups in total. The first-order valence-electron chi connectivity index (χ1n) is 6.13. The minimum atomic E-state index is -0.331. The normalized spacial score (nSPS) is 40.6. The molecule has 4 atom stereocenters. The van der Waals surface area contributed by atoms with E-state index >= 15 is 0 Å². The maximum absolute atomic E-state index is 14.1. The molecule has 0 bridgehead atoms. The summed E-state index contributed by atoms with van der Waals surface area (Å²) in [6, 6.07) is -0.304. The molecule has 1 aliphatic carbocycles. The standard InChI is InChI=1S/C13H21FN2O/c1-7(2)10(14)8(3)13-6-12(13,4)5-9(16-13)11(15)17/h8-9,16H,5-6H2,1-4H3,(H2,15,17)/t8-,9?,12?,13?/m1/s1. The molecule has 3 unspecified atom stereocenters. The van der Waals surface area contributed by atoms with Gasteiger partial charge in [-0.1, -0.05) is 13.8 Å². The molecule has 1 aliphatic heterocycles. The highest BCUT2D eigenvalue weighted by Gasteiger charge is 2.72. The Morgan fingerprint density at radius 2 is 2.12 bits per heavy atom. The third-order valence-corrected chi connectivity index (χ3v) is 4.65. The fraction of sp³-hybridized carbons (Fsp3) is 0.769. The summed E-state index contributed by atoms with van der Waals surface area (Å²) in [5.74, 6) is -0.587. The molecule has 0 spiro atoms. The lowest BCUT2D eigenvalue weighted by molar-refractivity contribution is -0.120. The van der Waals surface area contributed by atoms with Crippen LogP contribution in [-0.2, 0) is 4.79 Å². The summed E-state index contributed by atoms with van der Waals surface area (Å²) in [4.78, 5) is 11.2. The number of halogens is 1. The number of allylic oxidation sites excluding steroid dienone is 1. The van der Waals surface area contributed by atoms with Gasteiger partial charge < -0.3 is 5.73 Å². The van der Waals surface area contributed by atoms with Gasteiger partial charge in [-0.25, -0.2) is 4.39 Å². The molecule has 17 heavy (non-hydrogen) atoms. The Bertz CT molecular complexity index is 402. The lowest BCUT2D eigenvalue weighted by atomic mass is 9.89. The molecule has 4 heteroatoms. The Morgan fingerprint density at radius 1 is 1.53 bits per heavy atom. The largest absolute Gasteiger partial charge is 0.368 e. The van der Waals surface area contributed by atoms with Crippen LogP contribution >= 0.6 is 0 Å². The van der Waals surface area contributed by atoms with E-state index < -0.39 is 0 Å². The highest BCUT2D eigenvalue weighted by atomic mass is 19.1. The van der Waals surface area contributed by atoms with E-state index in [4.69, 9.17) is 5.73 Å². The molecule has 96 valence electrons. The van der Waals surface area contributed by atoms with Gasteiger partial charge in [0, 0.05) is 11.5 Å². The van der Waals surface area contributed by atoms with Crippen molar-refractivity contribution in [1.82, 2.24) is 5.32 Å². The van der Waals surface area contributed by atoms with E-state index in [0.29, 0.717) is 5.57 Å². The number of piperidine rings is 1. The number of primary amides is 1. The second-order valence-electron chi connectivity index (χ2n) is 6.08. The van der Waals surface area contributed by atoms with Gasteiger partial charge in [0.05, 0.1) is 6.04 Å². The van der Waals surface area contributed by atoms with Crippen LogP contribution in [0.4, 0.5) is 4.39 Å². The van der Waals surface area contributed by atoms with Crippen molar-refractivity contribution in [3.63, 3.8) is 0 Å². The fourth-order valence-electron chi connectivity index (χ4n) is 3.49. The molecule has 1 saturated heterocycles. The van der Waals surface area contributed by atoms with Crippen LogP contribution in [0.3, 0.4) is 0 Å².